The van der Waals surface area contributed by atoms with Crippen LogP contribution in [0.25, 0.3) is 0 Å². The van der Waals surface area contributed by atoms with E-state index in [-0.39, 0.29) is 11.8 Å². The van der Waals surface area contributed by atoms with Crippen molar-refractivity contribution in [2.75, 3.05) is 7.11 Å². The van der Waals surface area contributed by atoms with E-state index in [2.05, 4.69) is 11.3 Å². The summed E-state index contributed by atoms with van der Waals surface area (Å²) in [5.41, 5.74) is 1.70. The van der Waals surface area contributed by atoms with Gasteiger partial charge in [0.15, 0.2) is 0 Å². The molecule has 3 heteroatoms. The average molecular weight is 252 g/mol. The van der Waals surface area contributed by atoms with E-state index in [1.54, 1.807) is 19.1 Å². The van der Waals surface area contributed by atoms with Gasteiger partial charge in [-0.05, 0) is 43.9 Å². The third-order valence-corrected chi connectivity index (χ3v) is 2.30. The van der Waals surface area contributed by atoms with Crippen LogP contribution in [0, 0.1) is 12.7 Å². The molecular formula is C15H21FO2. The van der Waals surface area contributed by atoms with Crippen molar-refractivity contribution >= 4 is 5.97 Å². The molecule has 0 fully saturated rings. The Labute approximate surface area is 108 Å². The van der Waals surface area contributed by atoms with Crippen LogP contribution in [-0.2, 0) is 16.0 Å². The number of carbonyl (C=O) groups excluding carboxylic acids is 1. The zero-order valence-electron chi connectivity index (χ0n) is 11.3. The van der Waals surface area contributed by atoms with Crippen LogP contribution in [0.3, 0.4) is 0 Å². The van der Waals surface area contributed by atoms with Gasteiger partial charge in [0.2, 0.25) is 0 Å². The molecule has 1 rings (SSSR count). The van der Waals surface area contributed by atoms with E-state index in [0.29, 0.717) is 12.0 Å². The van der Waals surface area contributed by atoms with Crippen molar-refractivity contribution in [3.05, 3.63) is 47.8 Å². The number of ether oxygens (including phenoxy) is 1. The summed E-state index contributed by atoms with van der Waals surface area (Å²) in [6, 6.07) is 5.02. The summed E-state index contributed by atoms with van der Waals surface area (Å²) in [6.07, 6.45) is 3.67. The number of halogens is 1. The van der Waals surface area contributed by atoms with Crippen LogP contribution in [0.2, 0.25) is 0 Å². The first-order chi connectivity index (χ1) is 8.54. The Morgan fingerprint density at radius 2 is 2.11 bits per heavy atom. The molecule has 0 atom stereocenters. The van der Waals surface area contributed by atoms with Crippen LogP contribution in [0.1, 0.15) is 30.9 Å². The van der Waals surface area contributed by atoms with Gasteiger partial charge in [0.25, 0.3) is 0 Å². The molecule has 0 spiro atoms. The van der Waals surface area contributed by atoms with E-state index in [9.17, 15) is 9.18 Å². The molecule has 0 aliphatic rings. The van der Waals surface area contributed by atoms with Crippen molar-refractivity contribution in [1.82, 2.24) is 0 Å². The lowest BCUT2D eigenvalue weighted by Gasteiger charge is -2.03. The fourth-order valence-corrected chi connectivity index (χ4v) is 1.40. The SMILES string of the molecule is C=CC.COC(=O)CCCc1ccc(F)c(C)c1. The van der Waals surface area contributed by atoms with Gasteiger partial charge in [-0.1, -0.05) is 18.2 Å². The molecule has 0 bridgehead atoms. The van der Waals surface area contributed by atoms with Crippen LogP contribution in [-0.4, -0.2) is 13.1 Å². The Balaban J connectivity index is 0.000000873. The lowest BCUT2D eigenvalue weighted by Crippen LogP contribution is -2.00. The summed E-state index contributed by atoms with van der Waals surface area (Å²) >= 11 is 0. The van der Waals surface area contributed by atoms with Crippen LogP contribution < -0.4 is 0 Å². The second-order valence-electron chi connectivity index (χ2n) is 3.92. The highest BCUT2D eigenvalue weighted by molar-refractivity contribution is 5.69. The molecule has 0 saturated heterocycles. The van der Waals surface area contributed by atoms with Gasteiger partial charge in [-0.25, -0.2) is 4.39 Å². The quantitative estimate of drug-likeness (QED) is 0.601. The minimum Gasteiger partial charge on any atom is -0.469 e. The first kappa shape index (κ1) is 16.4. The van der Waals surface area contributed by atoms with Gasteiger partial charge in [0.05, 0.1) is 7.11 Å². The van der Waals surface area contributed by atoms with Gasteiger partial charge in [0.1, 0.15) is 5.82 Å². The van der Waals surface area contributed by atoms with Crippen LogP contribution in [0.15, 0.2) is 30.9 Å². The van der Waals surface area contributed by atoms with Crippen molar-refractivity contribution in [2.45, 2.75) is 33.1 Å². The highest BCUT2D eigenvalue weighted by Crippen LogP contribution is 2.11. The molecule has 0 aliphatic carbocycles. The lowest BCUT2D eigenvalue weighted by atomic mass is 10.1. The number of carbonyl (C=O) groups is 1. The van der Waals surface area contributed by atoms with Crippen molar-refractivity contribution in [3.8, 4) is 0 Å². The number of allylic oxidation sites excluding steroid dienone is 1. The van der Waals surface area contributed by atoms with Gasteiger partial charge >= 0.3 is 5.97 Å². The molecule has 0 amide bonds. The average Bonchev–Trinajstić information content (AvgIpc) is 2.34. The van der Waals surface area contributed by atoms with E-state index >= 15 is 0 Å². The standard InChI is InChI=1S/C12H15FO2.C3H6/c1-9-8-10(6-7-11(9)13)4-3-5-12(14)15-2;1-3-2/h6-8H,3-5H2,1-2H3;3H,1H2,2H3. The van der Waals surface area contributed by atoms with Crippen molar-refractivity contribution in [3.63, 3.8) is 0 Å². The summed E-state index contributed by atoms with van der Waals surface area (Å²) in [5, 5.41) is 0. The Bertz CT molecular complexity index is 386. The number of esters is 1. The van der Waals surface area contributed by atoms with Gasteiger partial charge in [-0.15, -0.1) is 6.58 Å². The number of rotatable bonds is 4. The van der Waals surface area contributed by atoms with Gasteiger partial charge in [-0.2, -0.15) is 0 Å². The Morgan fingerprint density at radius 3 is 2.61 bits per heavy atom. The van der Waals surface area contributed by atoms with E-state index in [0.717, 1.165) is 18.4 Å². The Morgan fingerprint density at radius 1 is 1.50 bits per heavy atom. The maximum Gasteiger partial charge on any atom is 0.305 e. The highest BCUT2D eigenvalue weighted by Gasteiger charge is 2.02. The van der Waals surface area contributed by atoms with E-state index < -0.39 is 0 Å². The zero-order valence-corrected chi connectivity index (χ0v) is 11.3. The Kier molecular flexibility index (Phi) is 8.54. The first-order valence-corrected chi connectivity index (χ1v) is 5.94. The minimum atomic E-state index is -0.200. The summed E-state index contributed by atoms with van der Waals surface area (Å²) in [6.45, 7) is 6.99. The maximum atomic E-state index is 12.9. The number of benzene rings is 1. The molecule has 1 aromatic rings. The molecule has 1 aromatic carbocycles. The molecule has 0 aromatic heterocycles. The van der Waals surface area contributed by atoms with Gasteiger partial charge in [-0.3, -0.25) is 4.79 Å². The van der Waals surface area contributed by atoms with Crippen LogP contribution >= 0.6 is 0 Å². The number of hydrogen-bond donors (Lipinski definition) is 0. The molecule has 2 nitrogen and oxygen atoms in total. The minimum absolute atomic E-state index is 0.188. The van der Waals surface area contributed by atoms with E-state index in [4.69, 9.17) is 0 Å². The summed E-state index contributed by atoms with van der Waals surface area (Å²) in [7, 11) is 1.38. The van der Waals surface area contributed by atoms with Crippen molar-refractivity contribution in [1.29, 1.82) is 0 Å². The number of methoxy groups -OCH3 is 1. The zero-order chi connectivity index (χ0) is 14.0. The summed E-state index contributed by atoms with van der Waals surface area (Å²) < 4.78 is 17.5. The van der Waals surface area contributed by atoms with E-state index in [1.807, 2.05) is 13.0 Å². The molecule has 0 unspecified atom stereocenters. The van der Waals surface area contributed by atoms with Crippen LogP contribution in [0.5, 0.6) is 0 Å². The van der Waals surface area contributed by atoms with Crippen molar-refractivity contribution in [2.24, 2.45) is 0 Å². The smallest absolute Gasteiger partial charge is 0.305 e. The molecule has 18 heavy (non-hydrogen) atoms. The van der Waals surface area contributed by atoms with Crippen LogP contribution in [0.4, 0.5) is 4.39 Å². The molecule has 100 valence electrons. The predicted molar refractivity (Wildman–Crippen MR) is 72.0 cm³/mol. The third-order valence-electron chi connectivity index (χ3n) is 2.30. The molecular weight excluding hydrogens is 231 g/mol. The monoisotopic (exact) mass is 252 g/mol. The normalized spacial score (nSPS) is 9.11. The van der Waals surface area contributed by atoms with Gasteiger partial charge in [0, 0.05) is 6.42 Å². The molecule has 0 N–H and O–H groups in total. The largest absolute Gasteiger partial charge is 0.469 e. The predicted octanol–water partition coefficient (Wildman–Crippen LogP) is 3.82. The summed E-state index contributed by atoms with van der Waals surface area (Å²) in [5.74, 6) is -0.388. The highest BCUT2D eigenvalue weighted by atomic mass is 19.1. The topological polar surface area (TPSA) is 26.3 Å². The van der Waals surface area contributed by atoms with E-state index in [1.165, 1.54) is 13.2 Å². The Hall–Kier alpha value is -1.64. The molecule has 0 radical (unpaired) electrons. The fourth-order valence-electron chi connectivity index (χ4n) is 1.40. The van der Waals surface area contributed by atoms with Gasteiger partial charge < -0.3 is 4.74 Å². The number of hydrogen-bond acceptors (Lipinski definition) is 2. The summed E-state index contributed by atoms with van der Waals surface area (Å²) in [4.78, 5) is 10.8. The second kappa shape index (κ2) is 9.40. The number of aryl methyl sites for hydroxylation is 2. The first-order valence-electron chi connectivity index (χ1n) is 5.94. The lowest BCUT2D eigenvalue weighted by molar-refractivity contribution is -0.140. The van der Waals surface area contributed by atoms with Crippen molar-refractivity contribution < 1.29 is 13.9 Å². The maximum absolute atomic E-state index is 12.9. The molecule has 0 heterocycles. The third kappa shape index (κ3) is 6.84. The molecule has 0 saturated carbocycles. The molecule has 0 aliphatic heterocycles. The second-order valence-corrected chi connectivity index (χ2v) is 3.92. The fraction of sp³-hybridized carbons (Fsp3) is 0.400.